The summed E-state index contributed by atoms with van der Waals surface area (Å²) in [4.78, 5) is 14.3. The summed E-state index contributed by atoms with van der Waals surface area (Å²) in [5, 5.41) is 4.50. The first-order valence-electron chi connectivity index (χ1n) is 8.71. The molecule has 0 spiro atoms. The van der Waals surface area contributed by atoms with Gasteiger partial charge in [0.25, 0.3) is 0 Å². The largest absolute Gasteiger partial charge is 0.493 e. The Balaban J connectivity index is 1.58. The molecular formula is C19H26N4O3. The Morgan fingerprint density at radius 2 is 1.92 bits per heavy atom. The van der Waals surface area contributed by atoms with Crippen LogP contribution in [-0.4, -0.2) is 47.9 Å². The Kier molecular flexibility index (Phi) is 5.18. The molecule has 7 nitrogen and oxygen atoms in total. The summed E-state index contributed by atoms with van der Waals surface area (Å²) in [6.07, 6.45) is 0.263. The van der Waals surface area contributed by atoms with Crippen LogP contribution in [0.2, 0.25) is 0 Å². The molecule has 0 bridgehead atoms. The van der Waals surface area contributed by atoms with Gasteiger partial charge in [0.05, 0.1) is 26.0 Å². The molecule has 1 saturated heterocycles. The number of hydrogen-bond acceptors (Lipinski definition) is 5. The third-order valence-corrected chi connectivity index (χ3v) is 4.84. The maximum absolute atomic E-state index is 12.5. The van der Waals surface area contributed by atoms with Gasteiger partial charge in [0, 0.05) is 31.2 Å². The first kappa shape index (κ1) is 18.3. The van der Waals surface area contributed by atoms with Gasteiger partial charge in [-0.2, -0.15) is 5.10 Å². The van der Waals surface area contributed by atoms with Gasteiger partial charge in [-0.25, -0.2) is 0 Å². The van der Waals surface area contributed by atoms with Crippen LogP contribution in [-0.2, 0) is 4.79 Å². The van der Waals surface area contributed by atoms with E-state index in [0.29, 0.717) is 24.6 Å². The van der Waals surface area contributed by atoms with Crippen LogP contribution in [0, 0.1) is 13.8 Å². The fourth-order valence-electron chi connectivity index (χ4n) is 3.35. The average molecular weight is 358 g/mol. The van der Waals surface area contributed by atoms with Crippen LogP contribution in [0.15, 0.2) is 24.3 Å². The van der Waals surface area contributed by atoms with E-state index in [0.717, 1.165) is 17.0 Å². The van der Waals surface area contributed by atoms with Gasteiger partial charge in [-0.3, -0.25) is 9.48 Å². The van der Waals surface area contributed by atoms with Crippen molar-refractivity contribution in [2.45, 2.75) is 32.4 Å². The van der Waals surface area contributed by atoms with Gasteiger partial charge in [0.2, 0.25) is 5.91 Å². The Morgan fingerprint density at radius 3 is 2.50 bits per heavy atom. The number of nitrogens with zero attached hydrogens (tertiary/aromatic N) is 3. The number of nitrogens with two attached hydrogens (primary N) is 1. The molecule has 2 aromatic rings. The van der Waals surface area contributed by atoms with Gasteiger partial charge in [0.1, 0.15) is 0 Å². The smallest absolute Gasteiger partial charge is 0.224 e. The second-order valence-corrected chi connectivity index (χ2v) is 6.75. The highest BCUT2D eigenvalue weighted by Gasteiger charge is 2.33. The molecule has 1 aliphatic heterocycles. The fourth-order valence-corrected chi connectivity index (χ4v) is 3.35. The van der Waals surface area contributed by atoms with Gasteiger partial charge in [0.15, 0.2) is 11.5 Å². The standard InChI is InChI=1S/C19H26N4O3/c1-12-7-13(2)23(21-12)15-10-22(11-15)19(24)9-16(20)14-5-6-17(25-3)18(8-14)26-4/h5-8,15-16H,9-11,20H2,1-4H3/t16-/m0/s1. The number of likely N-dealkylation sites (tertiary alicyclic amines) is 1. The third kappa shape index (κ3) is 3.53. The van der Waals surface area contributed by atoms with Crippen LogP contribution in [0.25, 0.3) is 0 Å². The molecule has 2 N–H and O–H groups in total. The van der Waals surface area contributed by atoms with Crippen molar-refractivity contribution >= 4 is 5.91 Å². The Morgan fingerprint density at radius 1 is 1.23 bits per heavy atom. The summed E-state index contributed by atoms with van der Waals surface area (Å²) in [5.41, 5.74) is 9.22. The summed E-state index contributed by atoms with van der Waals surface area (Å²) in [5.74, 6) is 1.32. The summed E-state index contributed by atoms with van der Waals surface area (Å²) in [7, 11) is 3.17. The van der Waals surface area contributed by atoms with Crippen molar-refractivity contribution < 1.29 is 14.3 Å². The van der Waals surface area contributed by atoms with Crippen LogP contribution < -0.4 is 15.2 Å². The molecule has 7 heteroatoms. The number of amides is 1. The number of benzene rings is 1. The number of aryl methyl sites for hydroxylation is 2. The van der Waals surface area contributed by atoms with Gasteiger partial charge >= 0.3 is 0 Å². The molecule has 0 saturated carbocycles. The fraction of sp³-hybridized carbons (Fsp3) is 0.474. The van der Waals surface area contributed by atoms with Crippen molar-refractivity contribution in [1.82, 2.24) is 14.7 Å². The summed E-state index contributed by atoms with van der Waals surface area (Å²) < 4.78 is 12.5. The Hall–Kier alpha value is -2.54. The lowest BCUT2D eigenvalue weighted by molar-refractivity contribution is -0.137. The minimum Gasteiger partial charge on any atom is -0.493 e. The highest BCUT2D eigenvalue weighted by Crippen LogP contribution is 2.31. The van der Waals surface area contributed by atoms with Gasteiger partial charge in [-0.15, -0.1) is 0 Å². The van der Waals surface area contributed by atoms with E-state index in [-0.39, 0.29) is 24.4 Å². The monoisotopic (exact) mass is 358 g/mol. The molecule has 0 radical (unpaired) electrons. The van der Waals surface area contributed by atoms with E-state index in [2.05, 4.69) is 11.2 Å². The molecule has 1 aromatic carbocycles. The highest BCUT2D eigenvalue weighted by molar-refractivity contribution is 5.78. The van der Waals surface area contributed by atoms with E-state index in [1.807, 2.05) is 35.6 Å². The van der Waals surface area contributed by atoms with Crippen molar-refractivity contribution in [1.29, 1.82) is 0 Å². The second kappa shape index (κ2) is 7.37. The SMILES string of the molecule is COc1ccc([C@@H](N)CC(=O)N2CC(n3nc(C)cc3C)C2)cc1OC. The second-order valence-electron chi connectivity index (χ2n) is 6.75. The van der Waals surface area contributed by atoms with Crippen molar-refractivity contribution in [3.63, 3.8) is 0 Å². The predicted octanol–water partition coefficient (Wildman–Crippen LogP) is 1.99. The molecule has 26 heavy (non-hydrogen) atoms. The zero-order chi connectivity index (χ0) is 18.8. The number of hydrogen-bond donors (Lipinski definition) is 1. The Bertz CT molecular complexity index is 796. The minimum atomic E-state index is -0.380. The Labute approximate surface area is 153 Å². The van der Waals surface area contributed by atoms with Crippen LogP contribution in [0.4, 0.5) is 0 Å². The maximum atomic E-state index is 12.5. The highest BCUT2D eigenvalue weighted by atomic mass is 16.5. The molecule has 1 amide bonds. The zero-order valence-electron chi connectivity index (χ0n) is 15.7. The molecular weight excluding hydrogens is 332 g/mol. The van der Waals surface area contributed by atoms with Crippen LogP contribution in [0.1, 0.15) is 35.5 Å². The first-order chi connectivity index (χ1) is 12.4. The summed E-state index contributed by atoms with van der Waals surface area (Å²) in [6.45, 7) is 5.38. The lowest BCUT2D eigenvalue weighted by atomic mass is 10.0. The quantitative estimate of drug-likeness (QED) is 0.854. The van der Waals surface area contributed by atoms with Crippen molar-refractivity contribution in [2.24, 2.45) is 5.73 Å². The van der Waals surface area contributed by atoms with E-state index >= 15 is 0 Å². The van der Waals surface area contributed by atoms with Gasteiger partial charge in [-0.1, -0.05) is 6.07 Å². The summed E-state index contributed by atoms with van der Waals surface area (Å²) >= 11 is 0. The van der Waals surface area contributed by atoms with Crippen LogP contribution >= 0.6 is 0 Å². The molecule has 3 rings (SSSR count). The number of rotatable bonds is 6. The third-order valence-electron chi connectivity index (χ3n) is 4.84. The van der Waals surface area contributed by atoms with E-state index in [1.165, 1.54) is 0 Å². The van der Waals surface area contributed by atoms with Crippen LogP contribution in [0.3, 0.4) is 0 Å². The molecule has 0 aliphatic carbocycles. The average Bonchev–Trinajstić information content (AvgIpc) is 2.90. The lowest BCUT2D eigenvalue weighted by Crippen LogP contribution is -2.51. The van der Waals surface area contributed by atoms with E-state index in [1.54, 1.807) is 20.3 Å². The molecule has 0 unspecified atom stereocenters. The number of methoxy groups -OCH3 is 2. The van der Waals surface area contributed by atoms with Gasteiger partial charge < -0.3 is 20.1 Å². The van der Waals surface area contributed by atoms with Crippen LogP contribution in [0.5, 0.6) is 11.5 Å². The number of aromatic nitrogens is 2. The minimum absolute atomic E-state index is 0.0602. The molecule has 1 aliphatic rings. The molecule has 1 fully saturated rings. The normalized spacial score (nSPS) is 15.5. The van der Waals surface area contributed by atoms with Gasteiger partial charge in [-0.05, 0) is 37.6 Å². The lowest BCUT2D eigenvalue weighted by Gasteiger charge is -2.40. The van der Waals surface area contributed by atoms with E-state index < -0.39 is 0 Å². The maximum Gasteiger partial charge on any atom is 0.224 e. The molecule has 1 aromatic heterocycles. The molecule has 140 valence electrons. The molecule has 2 heterocycles. The van der Waals surface area contributed by atoms with Crippen molar-refractivity contribution in [2.75, 3.05) is 27.3 Å². The van der Waals surface area contributed by atoms with Crippen molar-refractivity contribution in [3.8, 4) is 11.5 Å². The molecule has 1 atom stereocenters. The van der Waals surface area contributed by atoms with E-state index in [4.69, 9.17) is 15.2 Å². The van der Waals surface area contributed by atoms with E-state index in [9.17, 15) is 4.79 Å². The number of ether oxygens (including phenoxy) is 2. The van der Waals surface area contributed by atoms with Crippen molar-refractivity contribution in [3.05, 3.63) is 41.2 Å². The first-order valence-corrected chi connectivity index (χ1v) is 8.71. The topological polar surface area (TPSA) is 82.6 Å². The number of carbonyl (C=O) groups is 1. The zero-order valence-corrected chi connectivity index (χ0v) is 15.7. The predicted molar refractivity (Wildman–Crippen MR) is 98.4 cm³/mol. The summed E-state index contributed by atoms with van der Waals surface area (Å²) in [6, 6.07) is 7.43. The number of carbonyl (C=O) groups excluding carboxylic acids is 1.